The Hall–Kier alpha value is -1.22. The van der Waals surface area contributed by atoms with Gasteiger partial charge in [-0.1, -0.05) is 51.2 Å². The summed E-state index contributed by atoms with van der Waals surface area (Å²) in [5, 5.41) is 6.92. The van der Waals surface area contributed by atoms with Crippen LogP contribution in [0.4, 0.5) is 5.69 Å². The highest BCUT2D eigenvalue weighted by Gasteiger charge is 2.12. The molecule has 0 amide bonds. The molecule has 0 aromatic heterocycles. The number of ether oxygens (including phenoxy) is 1. The Kier molecular flexibility index (Phi) is 6.72. The number of para-hydroxylation sites is 1. The zero-order chi connectivity index (χ0) is 14.0. The Morgan fingerprint density at radius 3 is 2.90 bits per heavy atom. The van der Waals surface area contributed by atoms with E-state index < -0.39 is 0 Å². The molecule has 0 fully saturated rings. The van der Waals surface area contributed by atoms with Gasteiger partial charge in [-0.15, -0.1) is 0 Å². The molecule has 1 aromatic carbocycles. The predicted octanol–water partition coefficient (Wildman–Crippen LogP) is 3.94. The van der Waals surface area contributed by atoms with Gasteiger partial charge in [0.25, 0.3) is 0 Å². The van der Waals surface area contributed by atoms with Gasteiger partial charge in [0.05, 0.1) is 5.69 Å². The van der Waals surface area contributed by atoms with Crippen molar-refractivity contribution in [1.29, 1.82) is 0 Å². The molecule has 1 aliphatic rings. The summed E-state index contributed by atoms with van der Waals surface area (Å²) in [7, 11) is 0. The summed E-state index contributed by atoms with van der Waals surface area (Å²) in [6, 6.07) is 6.34. The first-order valence-electron chi connectivity index (χ1n) is 8.11. The van der Waals surface area contributed by atoms with Gasteiger partial charge in [-0.3, -0.25) is 0 Å². The molecule has 112 valence electrons. The van der Waals surface area contributed by atoms with Gasteiger partial charge in [-0.2, -0.15) is 0 Å². The molecule has 2 N–H and O–H groups in total. The highest BCUT2D eigenvalue weighted by molar-refractivity contribution is 5.61. The van der Waals surface area contributed by atoms with Crippen molar-refractivity contribution in [1.82, 2.24) is 5.32 Å². The van der Waals surface area contributed by atoms with E-state index in [0.29, 0.717) is 0 Å². The van der Waals surface area contributed by atoms with Crippen molar-refractivity contribution < 1.29 is 4.74 Å². The lowest BCUT2D eigenvalue weighted by molar-refractivity contribution is 0.319. The van der Waals surface area contributed by atoms with Crippen molar-refractivity contribution in [2.24, 2.45) is 0 Å². The number of fused-ring (bicyclic) bond motifs is 1. The third kappa shape index (κ3) is 4.71. The molecule has 3 heteroatoms. The molecule has 0 saturated carbocycles. The lowest BCUT2D eigenvalue weighted by Gasteiger charge is -2.21. The average Bonchev–Trinajstić information content (AvgIpc) is 2.50. The highest BCUT2D eigenvalue weighted by Crippen LogP contribution is 2.30. The molecular weight excluding hydrogens is 248 g/mol. The van der Waals surface area contributed by atoms with E-state index in [9.17, 15) is 0 Å². The van der Waals surface area contributed by atoms with Crippen molar-refractivity contribution in [3.05, 3.63) is 23.8 Å². The van der Waals surface area contributed by atoms with Crippen LogP contribution < -0.4 is 15.4 Å². The highest BCUT2D eigenvalue weighted by atomic mass is 16.5. The van der Waals surface area contributed by atoms with Crippen LogP contribution in [-0.2, 0) is 6.54 Å². The van der Waals surface area contributed by atoms with Crippen molar-refractivity contribution in [2.75, 3.05) is 25.0 Å². The summed E-state index contributed by atoms with van der Waals surface area (Å²) < 4.78 is 5.77. The smallest absolute Gasteiger partial charge is 0.146 e. The fourth-order valence-electron chi connectivity index (χ4n) is 2.63. The van der Waals surface area contributed by atoms with E-state index in [1.807, 2.05) is 0 Å². The number of nitrogens with one attached hydrogen (secondary N) is 2. The second kappa shape index (κ2) is 8.85. The third-order valence-electron chi connectivity index (χ3n) is 3.78. The Labute approximate surface area is 123 Å². The number of anilines is 1. The number of benzene rings is 1. The second-order valence-electron chi connectivity index (χ2n) is 5.51. The monoisotopic (exact) mass is 276 g/mol. The molecule has 0 spiro atoms. The Morgan fingerprint density at radius 1 is 1.15 bits per heavy atom. The van der Waals surface area contributed by atoms with E-state index in [-0.39, 0.29) is 0 Å². The van der Waals surface area contributed by atoms with Gasteiger partial charge in [0.2, 0.25) is 0 Å². The minimum atomic E-state index is 0.765. The summed E-state index contributed by atoms with van der Waals surface area (Å²) in [4.78, 5) is 0. The molecule has 2 rings (SSSR count). The molecular formula is C17H28N2O. The van der Waals surface area contributed by atoms with Crippen LogP contribution >= 0.6 is 0 Å². The summed E-state index contributed by atoms with van der Waals surface area (Å²) in [6.07, 6.45) is 8.10. The van der Waals surface area contributed by atoms with Gasteiger partial charge in [0.1, 0.15) is 12.4 Å². The van der Waals surface area contributed by atoms with Gasteiger partial charge < -0.3 is 15.4 Å². The van der Waals surface area contributed by atoms with Gasteiger partial charge >= 0.3 is 0 Å². The maximum Gasteiger partial charge on any atom is 0.146 e. The summed E-state index contributed by atoms with van der Waals surface area (Å²) >= 11 is 0. The van der Waals surface area contributed by atoms with Gasteiger partial charge in [-0.25, -0.2) is 0 Å². The van der Waals surface area contributed by atoms with Crippen LogP contribution in [0, 0.1) is 0 Å². The minimum Gasteiger partial charge on any atom is -0.489 e. The fourth-order valence-corrected chi connectivity index (χ4v) is 2.63. The Balaban J connectivity index is 1.64. The average molecular weight is 276 g/mol. The van der Waals surface area contributed by atoms with Crippen molar-refractivity contribution in [3.63, 3.8) is 0 Å². The number of hydrogen-bond acceptors (Lipinski definition) is 3. The normalized spacial score (nSPS) is 13.4. The maximum absolute atomic E-state index is 5.77. The lowest BCUT2D eigenvalue weighted by atomic mass is 10.1. The van der Waals surface area contributed by atoms with Gasteiger partial charge in [-0.05, 0) is 19.0 Å². The molecule has 0 bridgehead atoms. The molecule has 3 nitrogen and oxygen atoms in total. The van der Waals surface area contributed by atoms with E-state index in [0.717, 1.165) is 37.7 Å². The van der Waals surface area contributed by atoms with E-state index in [1.165, 1.54) is 44.1 Å². The van der Waals surface area contributed by atoms with Gasteiger partial charge in [0.15, 0.2) is 0 Å². The Bertz CT molecular complexity index is 393. The largest absolute Gasteiger partial charge is 0.489 e. The molecule has 0 aliphatic carbocycles. The van der Waals surface area contributed by atoms with E-state index >= 15 is 0 Å². The first-order chi connectivity index (χ1) is 9.92. The second-order valence-corrected chi connectivity index (χ2v) is 5.51. The molecule has 1 aliphatic heterocycles. The standard InChI is InChI=1S/C17H28N2O/c1-2-3-4-5-6-7-11-18-14-15-9-8-10-16-17(15)20-13-12-19-16/h8-10,18-19H,2-7,11-14H2,1H3. The van der Waals surface area contributed by atoms with Crippen LogP contribution in [0.5, 0.6) is 5.75 Å². The summed E-state index contributed by atoms with van der Waals surface area (Å²) in [5.74, 6) is 1.04. The molecule has 20 heavy (non-hydrogen) atoms. The topological polar surface area (TPSA) is 33.3 Å². The van der Waals surface area contributed by atoms with Crippen molar-refractivity contribution >= 4 is 5.69 Å². The lowest BCUT2D eigenvalue weighted by Crippen LogP contribution is -2.21. The maximum atomic E-state index is 5.77. The molecule has 0 radical (unpaired) electrons. The van der Waals surface area contributed by atoms with E-state index in [1.54, 1.807) is 0 Å². The number of rotatable bonds is 9. The van der Waals surface area contributed by atoms with Crippen LogP contribution in [-0.4, -0.2) is 19.7 Å². The quantitative estimate of drug-likeness (QED) is 0.670. The van der Waals surface area contributed by atoms with Crippen LogP contribution in [0.1, 0.15) is 51.0 Å². The van der Waals surface area contributed by atoms with Crippen molar-refractivity contribution in [3.8, 4) is 5.75 Å². The number of hydrogen-bond donors (Lipinski definition) is 2. The van der Waals surface area contributed by atoms with Gasteiger partial charge in [0, 0.05) is 18.7 Å². The first kappa shape index (κ1) is 15.2. The molecule has 0 saturated heterocycles. The van der Waals surface area contributed by atoms with Crippen LogP contribution in [0.3, 0.4) is 0 Å². The summed E-state index contributed by atoms with van der Waals surface area (Å²) in [5.41, 5.74) is 2.40. The predicted molar refractivity (Wildman–Crippen MR) is 85.5 cm³/mol. The Morgan fingerprint density at radius 2 is 2.00 bits per heavy atom. The van der Waals surface area contributed by atoms with E-state index in [2.05, 4.69) is 35.8 Å². The first-order valence-corrected chi connectivity index (χ1v) is 8.11. The molecule has 1 heterocycles. The molecule has 0 atom stereocenters. The minimum absolute atomic E-state index is 0.765. The zero-order valence-electron chi connectivity index (χ0n) is 12.7. The van der Waals surface area contributed by atoms with Crippen molar-refractivity contribution in [2.45, 2.75) is 52.0 Å². The SMILES string of the molecule is CCCCCCCCNCc1cccc2c1OCCN2. The summed E-state index contributed by atoms with van der Waals surface area (Å²) in [6.45, 7) is 5.94. The van der Waals surface area contributed by atoms with Crippen LogP contribution in [0.25, 0.3) is 0 Å². The molecule has 0 unspecified atom stereocenters. The van der Waals surface area contributed by atoms with E-state index in [4.69, 9.17) is 4.74 Å². The third-order valence-corrected chi connectivity index (χ3v) is 3.78. The fraction of sp³-hybridized carbons (Fsp3) is 0.647. The van der Waals surface area contributed by atoms with Crippen LogP contribution in [0.15, 0.2) is 18.2 Å². The molecule has 1 aromatic rings. The number of unbranched alkanes of at least 4 members (excludes halogenated alkanes) is 5. The van der Waals surface area contributed by atoms with Crippen LogP contribution in [0.2, 0.25) is 0 Å². The zero-order valence-corrected chi connectivity index (χ0v) is 12.7.